The summed E-state index contributed by atoms with van der Waals surface area (Å²) < 4.78 is 23.7. The van der Waals surface area contributed by atoms with E-state index >= 15 is 0 Å². The molecule has 0 aliphatic rings. The van der Waals surface area contributed by atoms with Gasteiger partial charge >= 0.3 is 0 Å². The van der Waals surface area contributed by atoms with Gasteiger partial charge in [0, 0.05) is 23.2 Å². The fourth-order valence-electron chi connectivity index (χ4n) is 2.07. The topological polar surface area (TPSA) is 73.6 Å². The van der Waals surface area contributed by atoms with Crippen molar-refractivity contribution in [2.24, 2.45) is 0 Å². The second kappa shape index (κ2) is 7.15. The smallest absolute Gasteiger partial charge is 0.295 e. The van der Waals surface area contributed by atoms with Gasteiger partial charge in [-0.2, -0.15) is 0 Å². The monoisotopic (exact) mass is 340 g/mol. The third-order valence-corrected chi connectivity index (χ3v) is 3.41. The van der Waals surface area contributed by atoms with Gasteiger partial charge in [-0.3, -0.25) is 10.1 Å². The lowest BCUT2D eigenvalue weighted by Gasteiger charge is -2.12. The Kier molecular flexibility index (Phi) is 5.23. The molecule has 0 fully saturated rings. The lowest BCUT2D eigenvalue weighted by atomic mass is 10.2. The van der Waals surface area contributed by atoms with Gasteiger partial charge in [-0.05, 0) is 18.2 Å². The fraction of sp³-hybridized carbons (Fsp3) is 0.200. The molecular formula is C15H14ClFN2O4. The highest BCUT2D eigenvalue weighted by molar-refractivity contribution is 6.30. The van der Waals surface area contributed by atoms with Crippen molar-refractivity contribution < 1.29 is 18.8 Å². The highest BCUT2D eigenvalue weighted by Gasteiger charge is 2.19. The molecule has 0 aromatic heterocycles. The molecule has 122 valence electrons. The zero-order valence-corrected chi connectivity index (χ0v) is 13.2. The Morgan fingerprint density at radius 2 is 1.91 bits per heavy atom. The molecule has 0 spiro atoms. The number of nitrogens with zero attached hydrogens (tertiary/aromatic N) is 1. The molecule has 0 saturated carbocycles. The Morgan fingerprint density at radius 3 is 2.52 bits per heavy atom. The molecule has 2 rings (SSSR count). The maximum atomic E-state index is 13.6. The summed E-state index contributed by atoms with van der Waals surface area (Å²) in [4.78, 5) is 10.4. The summed E-state index contributed by atoms with van der Waals surface area (Å²) in [5.74, 6) is -0.306. The first-order valence-electron chi connectivity index (χ1n) is 6.54. The number of methoxy groups -OCH3 is 2. The van der Waals surface area contributed by atoms with E-state index in [4.69, 9.17) is 21.1 Å². The number of ether oxygens (including phenoxy) is 2. The third-order valence-electron chi connectivity index (χ3n) is 3.18. The van der Waals surface area contributed by atoms with Gasteiger partial charge in [0.2, 0.25) is 0 Å². The van der Waals surface area contributed by atoms with Gasteiger partial charge in [-0.15, -0.1) is 0 Å². The summed E-state index contributed by atoms with van der Waals surface area (Å²) in [6.07, 6.45) is 0. The molecule has 0 heterocycles. The fourth-order valence-corrected chi connectivity index (χ4v) is 2.26. The maximum Gasteiger partial charge on any atom is 0.295 e. The molecule has 8 heteroatoms. The third kappa shape index (κ3) is 3.81. The molecule has 0 radical (unpaired) electrons. The second-order valence-corrected chi connectivity index (χ2v) is 5.01. The molecule has 2 aromatic rings. The number of benzene rings is 2. The van der Waals surface area contributed by atoms with Crippen LogP contribution in [0.4, 0.5) is 15.8 Å². The number of hydrogen-bond donors (Lipinski definition) is 1. The van der Waals surface area contributed by atoms with Gasteiger partial charge in [-0.25, -0.2) is 4.39 Å². The van der Waals surface area contributed by atoms with Gasteiger partial charge in [0.15, 0.2) is 11.6 Å². The predicted molar refractivity (Wildman–Crippen MR) is 84.9 cm³/mol. The lowest BCUT2D eigenvalue weighted by Crippen LogP contribution is -2.05. The van der Waals surface area contributed by atoms with Crippen molar-refractivity contribution in [3.05, 3.63) is 56.8 Å². The van der Waals surface area contributed by atoms with E-state index in [2.05, 4.69) is 5.32 Å². The second-order valence-electron chi connectivity index (χ2n) is 4.57. The summed E-state index contributed by atoms with van der Waals surface area (Å²) in [5, 5.41) is 14.5. The summed E-state index contributed by atoms with van der Waals surface area (Å²) in [5.41, 5.74) is 0.456. The van der Waals surface area contributed by atoms with E-state index in [1.807, 2.05) is 0 Å². The van der Waals surface area contributed by atoms with Gasteiger partial charge < -0.3 is 14.8 Å². The Labute approximate surface area is 136 Å². The summed E-state index contributed by atoms with van der Waals surface area (Å²) >= 11 is 5.94. The number of rotatable bonds is 6. The van der Waals surface area contributed by atoms with Gasteiger partial charge in [-0.1, -0.05) is 11.6 Å². The molecule has 0 amide bonds. The van der Waals surface area contributed by atoms with Crippen LogP contribution in [0.15, 0.2) is 30.3 Å². The number of nitro benzene ring substituents is 1. The van der Waals surface area contributed by atoms with E-state index in [9.17, 15) is 14.5 Å². The van der Waals surface area contributed by atoms with Gasteiger partial charge in [0.05, 0.1) is 25.2 Å². The minimum absolute atomic E-state index is 0.0869. The van der Waals surface area contributed by atoms with E-state index in [0.29, 0.717) is 16.3 Å². The van der Waals surface area contributed by atoms with Crippen LogP contribution in [0.25, 0.3) is 0 Å². The van der Waals surface area contributed by atoms with Crippen LogP contribution in [0.5, 0.6) is 11.5 Å². The SMILES string of the molecule is COc1cc(NCc2cc(Cl)ccc2OC)c([N+](=O)[O-])cc1F. The number of hydrogen-bond acceptors (Lipinski definition) is 5. The van der Waals surface area contributed by atoms with Gasteiger partial charge in [0.1, 0.15) is 11.4 Å². The van der Waals surface area contributed by atoms with Crippen molar-refractivity contribution in [3.8, 4) is 11.5 Å². The van der Waals surface area contributed by atoms with E-state index in [1.54, 1.807) is 18.2 Å². The van der Waals surface area contributed by atoms with Crippen LogP contribution in [0.2, 0.25) is 5.02 Å². The van der Waals surface area contributed by atoms with E-state index < -0.39 is 10.7 Å². The van der Waals surface area contributed by atoms with Crippen molar-refractivity contribution in [3.63, 3.8) is 0 Å². The summed E-state index contributed by atoms with van der Waals surface area (Å²) in [7, 11) is 2.80. The Balaban J connectivity index is 2.33. The van der Waals surface area contributed by atoms with Crippen LogP contribution in [0, 0.1) is 15.9 Å². The molecule has 0 bridgehead atoms. The van der Waals surface area contributed by atoms with Crippen molar-refractivity contribution in [1.29, 1.82) is 0 Å². The standard InChI is InChI=1S/C15H14ClFN2O4/c1-22-14-4-3-10(16)5-9(14)8-18-12-7-15(23-2)11(17)6-13(12)19(20)21/h3-7,18H,8H2,1-2H3. The van der Waals surface area contributed by atoms with Crippen LogP contribution < -0.4 is 14.8 Å². The van der Waals surface area contributed by atoms with Crippen LogP contribution in [-0.4, -0.2) is 19.1 Å². The summed E-state index contributed by atoms with van der Waals surface area (Å²) in [6, 6.07) is 7.10. The van der Waals surface area contributed by atoms with Crippen LogP contribution >= 0.6 is 11.6 Å². The molecule has 2 aromatic carbocycles. The van der Waals surface area contributed by atoms with Gasteiger partial charge in [0.25, 0.3) is 5.69 Å². The average molecular weight is 341 g/mol. The summed E-state index contributed by atoms with van der Waals surface area (Å²) in [6.45, 7) is 0.208. The minimum Gasteiger partial charge on any atom is -0.496 e. The molecule has 1 N–H and O–H groups in total. The Hall–Kier alpha value is -2.54. The predicted octanol–water partition coefficient (Wildman–Crippen LogP) is 4.02. The van der Waals surface area contributed by atoms with Crippen LogP contribution in [0.1, 0.15) is 5.56 Å². The molecule has 6 nitrogen and oxygen atoms in total. The maximum absolute atomic E-state index is 13.6. The lowest BCUT2D eigenvalue weighted by molar-refractivity contribution is -0.384. The molecule has 0 aliphatic heterocycles. The Morgan fingerprint density at radius 1 is 1.22 bits per heavy atom. The largest absolute Gasteiger partial charge is 0.496 e. The number of halogens is 2. The number of nitrogens with one attached hydrogen (secondary N) is 1. The minimum atomic E-state index is -0.801. The van der Waals surface area contributed by atoms with E-state index in [0.717, 1.165) is 6.07 Å². The van der Waals surface area contributed by atoms with Crippen LogP contribution in [-0.2, 0) is 6.54 Å². The van der Waals surface area contributed by atoms with Crippen LogP contribution in [0.3, 0.4) is 0 Å². The molecule has 0 aliphatic carbocycles. The van der Waals surface area contributed by atoms with E-state index in [1.165, 1.54) is 20.3 Å². The highest BCUT2D eigenvalue weighted by Crippen LogP contribution is 2.33. The van der Waals surface area contributed by atoms with Crippen molar-refractivity contribution in [2.75, 3.05) is 19.5 Å². The highest BCUT2D eigenvalue weighted by atomic mass is 35.5. The first kappa shape index (κ1) is 16.8. The number of nitro groups is 1. The first-order valence-corrected chi connectivity index (χ1v) is 6.92. The number of anilines is 1. The van der Waals surface area contributed by atoms with Crippen molar-refractivity contribution in [2.45, 2.75) is 6.54 Å². The zero-order chi connectivity index (χ0) is 17.0. The molecular weight excluding hydrogens is 327 g/mol. The van der Waals surface area contributed by atoms with E-state index in [-0.39, 0.29) is 23.7 Å². The zero-order valence-electron chi connectivity index (χ0n) is 12.4. The molecule has 0 saturated heterocycles. The van der Waals surface area contributed by atoms with Crippen molar-refractivity contribution in [1.82, 2.24) is 0 Å². The average Bonchev–Trinajstić information content (AvgIpc) is 2.53. The first-order chi connectivity index (χ1) is 11.0. The molecule has 0 unspecified atom stereocenters. The molecule has 0 atom stereocenters. The normalized spacial score (nSPS) is 10.3. The quantitative estimate of drug-likeness (QED) is 0.635. The molecule has 23 heavy (non-hydrogen) atoms. The van der Waals surface area contributed by atoms with Crippen molar-refractivity contribution >= 4 is 23.0 Å². The Bertz CT molecular complexity index is 740.